The van der Waals surface area contributed by atoms with Crippen molar-refractivity contribution in [2.24, 2.45) is 0 Å². The van der Waals surface area contributed by atoms with Gasteiger partial charge in [0, 0.05) is 0 Å². The first-order valence-electron chi connectivity index (χ1n) is 7.42. The lowest BCUT2D eigenvalue weighted by molar-refractivity contribution is 0.0865. The van der Waals surface area contributed by atoms with E-state index >= 15 is 0 Å². The average molecular weight is 320 g/mol. The second-order valence-corrected chi connectivity index (χ2v) is 10.9. The van der Waals surface area contributed by atoms with Gasteiger partial charge in [0.25, 0.3) is 0 Å². The van der Waals surface area contributed by atoms with Crippen molar-refractivity contribution in [3.8, 4) is 0 Å². The van der Waals surface area contributed by atoms with Crippen molar-refractivity contribution in [2.75, 3.05) is 0 Å². The highest BCUT2D eigenvalue weighted by Gasteiger charge is 2.41. The number of cyclic esters (lactones) is 2. The second kappa shape index (κ2) is 5.55. The molecule has 0 radical (unpaired) electrons. The van der Waals surface area contributed by atoms with Crippen LogP contribution in [0.4, 0.5) is 4.79 Å². The molecule has 0 aromatic heterocycles. The number of hydrogen-bond acceptors (Lipinski definition) is 4. The fourth-order valence-corrected chi connectivity index (χ4v) is 5.08. The molecule has 0 saturated carbocycles. The molecule has 1 aliphatic heterocycles. The maximum Gasteiger partial charge on any atom is 0.514 e. The van der Waals surface area contributed by atoms with E-state index in [9.17, 15) is 4.79 Å². The summed E-state index contributed by atoms with van der Waals surface area (Å²) in [5.74, 6) is 0.500. The molecule has 0 atom stereocenters. The number of hydrogen-bond donors (Lipinski definition) is 0. The first-order chi connectivity index (χ1) is 10.0. The van der Waals surface area contributed by atoms with Gasteiger partial charge in [-0.05, 0) is 52.1 Å². The summed E-state index contributed by atoms with van der Waals surface area (Å²) < 4.78 is 16.7. The lowest BCUT2D eigenvalue weighted by atomic mass is 10.0. The van der Waals surface area contributed by atoms with E-state index in [0.717, 1.165) is 0 Å². The summed E-state index contributed by atoms with van der Waals surface area (Å²) in [5, 5.41) is 1.22. The summed E-state index contributed by atoms with van der Waals surface area (Å²) in [6.07, 6.45) is 1.18. The van der Waals surface area contributed by atoms with Crippen LogP contribution < -0.4 is 5.19 Å². The van der Waals surface area contributed by atoms with Gasteiger partial charge >= 0.3 is 6.16 Å². The number of benzene rings is 1. The van der Waals surface area contributed by atoms with Crippen molar-refractivity contribution in [2.45, 2.75) is 52.0 Å². The normalized spacial score (nSPS) is 19.9. The van der Waals surface area contributed by atoms with Crippen LogP contribution in [0.2, 0.25) is 13.1 Å². The Labute approximate surface area is 133 Å². The van der Waals surface area contributed by atoms with E-state index in [-0.39, 0.29) is 0 Å². The molecule has 0 aliphatic carbocycles. The van der Waals surface area contributed by atoms with Gasteiger partial charge in [-0.3, -0.25) is 0 Å². The van der Waals surface area contributed by atoms with E-state index in [2.05, 4.69) is 25.2 Å². The Morgan fingerprint density at radius 2 is 1.77 bits per heavy atom. The van der Waals surface area contributed by atoms with E-state index in [1.54, 1.807) is 13.8 Å². The van der Waals surface area contributed by atoms with Crippen molar-refractivity contribution in [3.05, 3.63) is 42.2 Å². The first-order valence-corrected chi connectivity index (χ1v) is 10.3. The minimum Gasteiger partial charge on any atom is -0.420 e. The second-order valence-electron chi connectivity index (χ2n) is 7.05. The number of rotatable bonds is 4. The molecule has 22 heavy (non-hydrogen) atoms. The van der Waals surface area contributed by atoms with Crippen LogP contribution in [-0.2, 0) is 13.9 Å². The van der Waals surface area contributed by atoms with Crippen molar-refractivity contribution in [1.29, 1.82) is 0 Å². The predicted octanol–water partition coefficient (Wildman–Crippen LogP) is 3.72. The molecule has 120 valence electrons. The zero-order valence-electron chi connectivity index (χ0n) is 14.1. The zero-order valence-corrected chi connectivity index (χ0v) is 15.1. The third-order valence-corrected chi connectivity index (χ3v) is 6.35. The molecule has 5 heteroatoms. The summed E-state index contributed by atoms with van der Waals surface area (Å²) in [4.78, 5) is 11.3. The Bertz CT molecular complexity index is 588. The maximum absolute atomic E-state index is 11.3. The van der Waals surface area contributed by atoms with Crippen molar-refractivity contribution < 1.29 is 18.7 Å². The van der Waals surface area contributed by atoms with E-state index in [1.807, 2.05) is 38.1 Å². The molecule has 0 bridgehead atoms. The van der Waals surface area contributed by atoms with Gasteiger partial charge in [0.1, 0.15) is 0 Å². The largest absolute Gasteiger partial charge is 0.514 e. The Balaban J connectivity index is 2.23. The van der Waals surface area contributed by atoms with Gasteiger partial charge < -0.3 is 13.9 Å². The molecular weight excluding hydrogens is 296 g/mol. The van der Waals surface area contributed by atoms with Crippen LogP contribution in [0.3, 0.4) is 0 Å². The van der Waals surface area contributed by atoms with E-state index < -0.39 is 25.7 Å². The molecule has 0 N–H and O–H groups in total. The molecular formula is C17H24O4Si. The minimum absolute atomic E-state index is 0.500. The van der Waals surface area contributed by atoms with Gasteiger partial charge in [0.2, 0.25) is 8.32 Å². The zero-order chi connectivity index (χ0) is 16.6. The lowest BCUT2D eigenvalue weighted by Crippen LogP contribution is -2.50. The molecule has 0 spiro atoms. The molecule has 4 nitrogen and oxygen atoms in total. The topological polar surface area (TPSA) is 44.8 Å². The summed E-state index contributed by atoms with van der Waals surface area (Å²) in [6.45, 7) is 11.9. The molecule has 0 amide bonds. The number of carbonyl (C=O) groups is 1. The van der Waals surface area contributed by atoms with Crippen LogP contribution in [0, 0.1) is 0 Å². The van der Waals surface area contributed by atoms with Crippen LogP contribution in [0.15, 0.2) is 42.2 Å². The summed E-state index contributed by atoms with van der Waals surface area (Å²) in [5.41, 5.74) is -1.32. The highest BCUT2D eigenvalue weighted by atomic mass is 28.4. The molecule has 1 fully saturated rings. The van der Waals surface area contributed by atoms with Gasteiger partial charge in [-0.1, -0.05) is 30.3 Å². The SMILES string of the molecule is CC(C)(/C=C1\OC(=O)OC1(C)C)O[Si](C)(C)c1ccccc1. The minimum atomic E-state index is -2.08. The van der Waals surface area contributed by atoms with Gasteiger partial charge in [-0.25, -0.2) is 4.79 Å². The average Bonchev–Trinajstić information content (AvgIpc) is 2.61. The van der Waals surface area contributed by atoms with E-state index in [1.165, 1.54) is 5.19 Å². The van der Waals surface area contributed by atoms with Crippen LogP contribution in [0.25, 0.3) is 0 Å². The number of carbonyl (C=O) groups excluding carboxylic acids is 1. The van der Waals surface area contributed by atoms with E-state index in [0.29, 0.717) is 5.76 Å². The Morgan fingerprint density at radius 3 is 2.27 bits per heavy atom. The third-order valence-electron chi connectivity index (χ3n) is 3.59. The molecule has 1 aromatic rings. The van der Waals surface area contributed by atoms with Crippen LogP contribution >= 0.6 is 0 Å². The van der Waals surface area contributed by atoms with Gasteiger partial charge in [0.05, 0.1) is 5.60 Å². The quantitative estimate of drug-likeness (QED) is 0.626. The molecule has 1 aliphatic rings. The van der Waals surface area contributed by atoms with Crippen LogP contribution in [0.1, 0.15) is 27.7 Å². The van der Waals surface area contributed by atoms with Gasteiger partial charge in [-0.2, -0.15) is 0 Å². The van der Waals surface area contributed by atoms with Crippen molar-refractivity contribution in [1.82, 2.24) is 0 Å². The van der Waals surface area contributed by atoms with Crippen LogP contribution in [0.5, 0.6) is 0 Å². The first kappa shape index (κ1) is 16.8. The fraction of sp³-hybridized carbons (Fsp3) is 0.471. The fourth-order valence-electron chi connectivity index (χ4n) is 2.60. The highest BCUT2D eigenvalue weighted by molar-refractivity contribution is 6.84. The Kier molecular flexibility index (Phi) is 4.23. The van der Waals surface area contributed by atoms with E-state index in [4.69, 9.17) is 13.9 Å². The third kappa shape index (κ3) is 3.78. The van der Waals surface area contributed by atoms with Crippen molar-refractivity contribution >= 4 is 19.7 Å². The molecule has 0 unspecified atom stereocenters. The monoisotopic (exact) mass is 320 g/mol. The molecule has 1 aromatic carbocycles. The molecule has 1 saturated heterocycles. The molecule has 2 rings (SSSR count). The Hall–Kier alpha value is -1.59. The maximum atomic E-state index is 11.3. The van der Waals surface area contributed by atoms with Crippen molar-refractivity contribution in [3.63, 3.8) is 0 Å². The highest BCUT2D eigenvalue weighted by Crippen LogP contribution is 2.33. The summed E-state index contributed by atoms with van der Waals surface area (Å²) >= 11 is 0. The molecule has 1 heterocycles. The van der Waals surface area contributed by atoms with Crippen LogP contribution in [-0.4, -0.2) is 25.7 Å². The number of ether oxygens (including phenoxy) is 2. The smallest absolute Gasteiger partial charge is 0.420 e. The summed E-state index contributed by atoms with van der Waals surface area (Å²) in [7, 11) is -2.08. The summed E-state index contributed by atoms with van der Waals surface area (Å²) in [6, 6.07) is 10.2. The lowest BCUT2D eigenvalue weighted by Gasteiger charge is -2.34. The van der Waals surface area contributed by atoms with Gasteiger partial charge in [-0.15, -0.1) is 0 Å². The standard InChI is InChI=1S/C17H24O4Si/c1-16(2,12-14-17(3,4)20-15(18)19-14)21-22(5,6)13-10-8-7-9-11-13/h7-12H,1-6H3/b14-12-. The van der Waals surface area contributed by atoms with Gasteiger partial charge in [0.15, 0.2) is 11.4 Å². The Morgan fingerprint density at radius 1 is 1.18 bits per heavy atom. The predicted molar refractivity (Wildman–Crippen MR) is 88.5 cm³/mol.